The van der Waals surface area contributed by atoms with Crippen molar-refractivity contribution in [1.82, 2.24) is 5.54 Å². The summed E-state index contributed by atoms with van der Waals surface area (Å²) < 4.78 is 18.3. The number of anilines is 1. The van der Waals surface area contributed by atoms with E-state index in [1.807, 2.05) is 25.1 Å². The second-order valence-corrected chi connectivity index (χ2v) is 5.90. The predicted octanol–water partition coefficient (Wildman–Crippen LogP) is 4.54. The molecule has 0 spiro atoms. The molecule has 0 aromatic heterocycles. The number of hydrogen-bond donors (Lipinski definition) is 2. The van der Waals surface area contributed by atoms with Crippen molar-refractivity contribution >= 4 is 5.69 Å². The third-order valence-corrected chi connectivity index (χ3v) is 4.02. The minimum atomic E-state index is -0.0261. The van der Waals surface area contributed by atoms with Crippen LogP contribution >= 0.6 is 0 Å². The molecule has 130 valence electrons. The number of rotatable bonds is 10. The lowest BCUT2D eigenvalue weighted by Crippen LogP contribution is -2.19. The van der Waals surface area contributed by atoms with E-state index in [2.05, 4.69) is 42.6 Å². The van der Waals surface area contributed by atoms with Crippen LogP contribution in [-0.4, -0.2) is 19.2 Å². The summed E-state index contributed by atoms with van der Waals surface area (Å²) in [6, 6.07) is 16.5. The predicted molar refractivity (Wildman–Crippen MR) is 98.3 cm³/mol. The van der Waals surface area contributed by atoms with Gasteiger partial charge in [-0.3, -0.25) is 0 Å². The lowest BCUT2D eigenvalue weighted by atomic mass is 10.0. The van der Waals surface area contributed by atoms with Gasteiger partial charge in [0.2, 0.25) is 0 Å². The van der Waals surface area contributed by atoms with Gasteiger partial charge in [-0.15, -0.1) is 4.48 Å². The van der Waals surface area contributed by atoms with E-state index in [0.29, 0.717) is 13.0 Å². The van der Waals surface area contributed by atoms with Crippen molar-refractivity contribution in [2.75, 3.05) is 18.4 Å². The number of ether oxygens (including phenoxy) is 1. The Bertz CT molecular complexity index is 604. The first-order valence-electron chi connectivity index (χ1n) is 8.64. The summed E-state index contributed by atoms with van der Waals surface area (Å²) in [6.45, 7) is 5.26. The molecule has 2 rings (SSSR count). The van der Waals surface area contributed by atoms with Crippen LogP contribution in [0.5, 0.6) is 5.75 Å². The largest absolute Gasteiger partial charge is 0.490 e. The maximum absolute atomic E-state index is 12.1. The van der Waals surface area contributed by atoms with Crippen molar-refractivity contribution in [2.45, 2.75) is 39.2 Å². The molecule has 1 unspecified atom stereocenters. The summed E-state index contributed by atoms with van der Waals surface area (Å²) in [7, 11) is 0. The highest BCUT2D eigenvalue weighted by Gasteiger charge is 2.12. The molecule has 0 aliphatic heterocycles. The van der Waals surface area contributed by atoms with Crippen molar-refractivity contribution in [1.29, 1.82) is 0 Å². The van der Waals surface area contributed by atoms with Crippen LogP contribution in [0.4, 0.5) is 10.2 Å². The second-order valence-electron chi connectivity index (χ2n) is 5.90. The van der Waals surface area contributed by atoms with Gasteiger partial charge in [0, 0.05) is 18.8 Å². The summed E-state index contributed by atoms with van der Waals surface area (Å²) in [6.07, 6.45) is 2.41. The van der Waals surface area contributed by atoms with Crippen molar-refractivity contribution in [3.63, 3.8) is 0 Å². The monoisotopic (exact) mass is 330 g/mol. The molecular formula is C20H27FN2O. The highest BCUT2D eigenvalue weighted by atomic mass is 19.2. The molecule has 0 aliphatic rings. The molecule has 0 fully saturated rings. The Balaban J connectivity index is 2.02. The summed E-state index contributed by atoms with van der Waals surface area (Å²) in [4.78, 5) is 0. The molecule has 0 amide bonds. The minimum Gasteiger partial charge on any atom is -0.490 e. The molecule has 2 aromatic rings. The van der Waals surface area contributed by atoms with Crippen molar-refractivity contribution in [2.24, 2.45) is 0 Å². The smallest absolute Gasteiger partial charge is 0.126 e. The molecule has 0 saturated carbocycles. The van der Waals surface area contributed by atoms with Crippen LogP contribution in [0.2, 0.25) is 0 Å². The van der Waals surface area contributed by atoms with Crippen molar-refractivity contribution in [3.05, 3.63) is 59.7 Å². The maximum atomic E-state index is 12.1. The summed E-state index contributed by atoms with van der Waals surface area (Å²) in [5, 5.41) is 3.43. The number of nitrogens with one attached hydrogen (secondary N) is 2. The molecule has 0 aliphatic carbocycles. The van der Waals surface area contributed by atoms with Gasteiger partial charge in [0.25, 0.3) is 0 Å². The van der Waals surface area contributed by atoms with Gasteiger partial charge >= 0.3 is 0 Å². The van der Waals surface area contributed by atoms with Gasteiger partial charge in [-0.1, -0.05) is 43.3 Å². The molecule has 4 heteroatoms. The van der Waals surface area contributed by atoms with Gasteiger partial charge in [0.1, 0.15) is 5.75 Å². The van der Waals surface area contributed by atoms with Crippen LogP contribution in [0, 0.1) is 0 Å². The van der Waals surface area contributed by atoms with E-state index in [-0.39, 0.29) is 6.10 Å². The number of hydrogen-bond acceptors (Lipinski definition) is 3. The third-order valence-electron chi connectivity index (χ3n) is 4.02. The molecule has 0 heterocycles. The summed E-state index contributed by atoms with van der Waals surface area (Å²) >= 11 is 0. The zero-order chi connectivity index (χ0) is 17.2. The van der Waals surface area contributed by atoms with E-state index >= 15 is 0 Å². The quantitative estimate of drug-likeness (QED) is 0.628. The lowest BCUT2D eigenvalue weighted by molar-refractivity contribution is 0.192. The average Bonchev–Trinajstić information content (AvgIpc) is 2.62. The maximum Gasteiger partial charge on any atom is 0.126 e. The molecule has 24 heavy (non-hydrogen) atoms. The zero-order valence-electron chi connectivity index (χ0n) is 14.5. The van der Waals surface area contributed by atoms with Crippen molar-refractivity contribution < 1.29 is 9.22 Å². The molecule has 3 nitrogen and oxygen atoms in total. The summed E-state index contributed by atoms with van der Waals surface area (Å²) in [5.74, 6) is 0.959. The summed E-state index contributed by atoms with van der Waals surface area (Å²) in [5.41, 5.74) is 5.20. The average molecular weight is 330 g/mol. The highest BCUT2D eigenvalue weighted by Crippen LogP contribution is 2.27. The fourth-order valence-electron chi connectivity index (χ4n) is 2.68. The molecule has 0 bridgehead atoms. The topological polar surface area (TPSA) is 33.3 Å². The van der Waals surface area contributed by atoms with Crippen LogP contribution in [0.15, 0.2) is 48.5 Å². The van der Waals surface area contributed by atoms with Crippen LogP contribution in [0.25, 0.3) is 0 Å². The number of halogens is 1. The zero-order valence-corrected chi connectivity index (χ0v) is 14.5. The van der Waals surface area contributed by atoms with E-state index in [1.165, 1.54) is 11.1 Å². The Hall–Kier alpha value is -2.07. The molecule has 1 atom stereocenters. The van der Waals surface area contributed by atoms with Crippen LogP contribution in [-0.2, 0) is 12.8 Å². The normalized spacial score (nSPS) is 12.0. The Morgan fingerprint density at radius 2 is 1.75 bits per heavy atom. The molecule has 0 saturated heterocycles. The van der Waals surface area contributed by atoms with Crippen LogP contribution < -0.4 is 15.6 Å². The van der Waals surface area contributed by atoms with Gasteiger partial charge < -0.3 is 10.1 Å². The van der Waals surface area contributed by atoms with Gasteiger partial charge in [-0.05, 0) is 49.4 Å². The van der Waals surface area contributed by atoms with Gasteiger partial charge in [-0.25, -0.2) is 0 Å². The van der Waals surface area contributed by atoms with Gasteiger partial charge in [0.15, 0.2) is 0 Å². The minimum absolute atomic E-state index is 0.0261. The SMILES string of the molecule is CCc1cccc(CCNc2ccccc2)c1OC(C)CCNF. The number of para-hydroxylation sites is 2. The third kappa shape index (κ3) is 5.53. The van der Waals surface area contributed by atoms with Gasteiger partial charge in [0.05, 0.1) is 6.10 Å². The lowest BCUT2D eigenvalue weighted by Gasteiger charge is -2.20. The molecule has 2 N–H and O–H groups in total. The van der Waals surface area contributed by atoms with Crippen LogP contribution in [0.3, 0.4) is 0 Å². The Morgan fingerprint density at radius 1 is 1.00 bits per heavy atom. The second kappa shape index (κ2) is 9.93. The van der Waals surface area contributed by atoms with E-state index in [1.54, 1.807) is 5.54 Å². The fourth-order valence-corrected chi connectivity index (χ4v) is 2.68. The van der Waals surface area contributed by atoms with Gasteiger partial charge in [-0.2, -0.15) is 5.54 Å². The van der Waals surface area contributed by atoms with Crippen LogP contribution in [0.1, 0.15) is 31.4 Å². The van der Waals surface area contributed by atoms with E-state index in [0.717, 1.165) is 30.8 Å². The van der Waals surface area contributed by atoms with E-state index in [4.69, 9.17) is 4.74 Å². The first-order valence-corrected chi connectivity index (χ1v) is 8.64. The fraction of sp³-hybridized carbons (Fsp3) is 0.400. The van der Waals surface area contributed by atoms with E-state index < -0.39 is 0 Å². The number of benzene rings is 2. The highest BCUT2D eigenvalue weighted by molar-refractivity contribution is 5.45. The Labute approximate surface area is 144 Å². The Morgan fingerprint density at radius 3 is 2.46 bits per heavy atom. The number of aryl methyl sites for hydroxylation is 1. The van der Waals surface area contributed by atoms with E-state index in [9.17, 15) is 4.48 Å². The molecule has 0 radical (unpaired) electrons. The first kappa shape index (κ1) is 18.3. The molecular weight excluding hydrogens is 303 g/mol. The first-order chi connectivity index (χ1) is 11.7. The van der Waals surface area contributed by atoms with Crippen molar-refractivity contribution in [3.8, 4) is 5.75 Å². The Kier molecular flexibility index (Phi) is 7.56. The molecule has 2 aromatic carbocycles. The standard InChI is InChI=1S/C20H27FN2O/c1-3-17-8-7-9-18(20(17)24-16(2)12-15-23-21)13-14-22-19-10-5-4-6-11-19/h4-11,16,22-23H,3,12-15H2,1-2H3.